The second-order valence-corrected chi connectivity index (χ2v) is 7.24. The zero-order valence-electron chi connectivity index (χ0n) is 12.3. The van der Waals surface area contributed by atoms with Crippen LogP contribution in [0, 0.1) is 16.7 Å². The monoisotopic (exact) mass is 259 g/mol. The van der Waals surface area contributed by atoms with Gasteiger partial charge in [-0.15, -0.1) is 0 Å². The van der Waals surface area contributed by atoms with Gasteiger partial charge in [0.25, 0.3) is 0 Å². The van der Waals surface area contributed by atoms with Gasteiger partial charge in [0, 0.05) is 6.04 Å². The highest BCUT2D eigenvalue weighted by Gasteiger charge is 2.59. The van der Waals surface area contributed by atoms with Crippen molar-refractivity contribution in [1.29, 1.82) is 0 Å². The largest absolute Gasteiger partial charge is 0.297 e. The van der Waals surface area contributed by atoms with Gasteiger partial charge in [-0.3, -0.25) is 4.84 Å². The van der Waals surface area contributed by atoms with E-state index in [0.717, 1.165) is 5.92 Å². The molecule has 0 spiro atoms. The average molecular weight is 259 g/mol. The normalized spacial score (nSPS) is 35.7. The molecule has 2 fully saturated rings. The van der Waals surface area contributed by atoms with E-state index in [2.05, 4.69) is 50.5 Å². The van der Waals surface area contributed by atoms with Crippen LogP contribution in [0.1, 0.15) is 45.6 Å². The van der Waals surface area contributed by atoms with Crippen LogP contribution in [-0.2, 0) is 11.4 Å². The number of benzene rings is 1. The summed E-state index contributed by atoms with van der Waals surface area (Å²) in [7, 11) is 0. The van der Waals surface area contributed by atoms with Crippen molar-refractivity contribution < 1.29 is 4.84 Å². The fourth-order valence-electron chi connectivity index (χ4n) is 4.38. The number of hydrogen-bond acceptors (Lipinski definition) is 2. The maximum atomic E-state index is 5.81. The molecule has 0 heterocycles. The van der Waals surface area contributed by atoms with Gasteiger partial charge in [0.1, 0.15) is 0 Å². The van der Waals surface area contributed by atoms with Gasteiger partial charge in [0.2, 0.25) is 0 Å². The van der Waals surface area contributed by atoms with E-state index in [1.807, 2.05) is 6.07 Å². The van der Waals surface area contributed by atoms with Crippen LogP contribution in [0.25, 0.3) is 0 Å². The van der Waals surface area contributed by atoms with Crippen molar-refractivity contribution in [2.75, 3.05) is 0 Å². The topological polar surface area (TPSA) is 21.3 Å². The first-order valence-corrected chi connectivity index (χ1v) is 7.44. The highest BCUT2D eigenvalue weighted by atomic mass is 16.6. The fourth-order valence-corrected chi connectivity index (χ4v) is 4.38. The maximum Gasteiger partial charge on any atom is 0.0933 e. The summed E-state index contributed by atoms with van der Waals surface area (Å²) >= 11 is 0. The van der Waals surface area contributed by atoms with Gasteiger partial charge in [-0.2, -0.15) is 5.48 Å². The summed E-state index contributed by atoms with van der Waals surface area (Å²) < 4.78 is 0. The minimum Gasteiger partial charge on any atom is -0.297 e. The molecule has 3 atom stereocenters. The van der Waals surface area contributed by atoms with Gasteiger partial charge in [-0.1, -0.05) is 51.1 Å². The lowest BCUT2D eigenvalue weighted by Gasteiger charge is -2.42. The quantitative estimate of drug-likeness (QED) is 0.827. The van der Waals surface area contributed by atoms with Crippen molar-refractivity contribution in [2.45, 2.75) is 52.7 Å². The van der Waals surface area contributed by atoms with Crippen LogP contribution < -0.4 is 5.48 Å². The highest BCUT2D eigenvalue weighted by molar-refractivity contribution is 5.14. The third-order valence-corrected chi connectivity index (χ3v) is 5.55. The van der Waals surface area contributed by atoms with Crippen molar-refractivity contribution in [3.63, 3.8) is 0 Å². The second kappa shape index (κ2) is 4.60. The molecule has 1 aromatic carbocycles. The maximum absolute atomic E-state index is 5.81. The minimum absolute atomic E-state index is 0.351. The lowest BCUT2D eigenvalue weighted by atomic mass is 9.69. The van der Waals surface area contributed by atoms with Gasteiger partial charge in [-0.25, -0.2) is 0 Å². The smallest absolute Gasteiger partial charge is 0.0933 e. The molecule has 2 aliphatic carbocycles. The van der Waals surface area contributed by atoms with E-state index in [1.165, 1.54) is 24.8 Å². The van der Waals surface area contributed by atoms with Crippen molar-refractivity contribution >= 4 is 0 Å². The fraction of sp³-hybridized carbons (Fsp3) is 0.647. The van der Waals surface area contributed by atoms with Gasteiger partial charge < -0.3 is 0 Å². The second-order valence-electron chi connectivity index (χ2n) is 7.24. The molecule has 0 radical (unpaired) electrons. The molecule has 0 amide bonds. The molecule has 1 N–H and O–H groups in total. The summed E-state index contributed by atoms with van der Waals surface area (Å²) in [5.41, 5.74) is 5.39. The van der Waals surface area contributed by atoms with Gasteiger partial charge >= 0.3 is 0 Å². The Hall–Kier alpha value is -0.860. The molecular weight excluding hydrogens is 234 g/mol. The zero-order chi connectivity index (χ0) is 13.5. The summed E-state index contributed by atoms with van der Waals surface area (Å²) in [6, 6.07) is 10.8. The van der Waals surface area contributed by atoms with Crippen LogP contribution in [0.3, 0.4) is 0 Å². The summed E-state index contributed by atoms with van der Waals surface area (Å²) in [6.07, 6.45) is 4.08. The molecule has 3 rings (SSSR count). The molecular formula is C17H25NO. The minimum atomic E-state index is 0.351. The van der Waals surface area contributed by atoms with Crippen LogP contribution >= 0.6 is 0 Å². The van der Waals surface area contributed by atoms with Crippen molar-refractivity contribution in [3.8, 4) is 0 Å². The Morgan fingerprint density at radius 3 is 2.58 bits per heavy atom. The Morgan fingerprint density at radius 2 is 1.95 bits per heavy atom. The molecule has 19 heavy (non-hydrogen) atoms. The van der Waals surface area contributed by atoms with E-state index in [-0.39, 0.29) is 0 Å². The van der Waals surface area contributed by atoms with Gasteiger partial charge in [0.05, 0.1) is 6.61 Å². The van der Waals surface area contributed by atoms with Crippen LogP contribution in [0.4, 0.5) is 0 Å². The highest BCUT2D eigenvalue weighted by Crippen LogP contribution is 2.62. The molecule has 0 saturated heterocycles. The Labute approximate surface area is 116 Å². The van der Waals surface area contributed by atoms with E-state index < -0.39 is 0 Å². The number of hydrogen-bond donors (Lipinski definition) is 1. The van der Waals surface area contributed by atoms with Crippen molar-refractivity contribution in [1.82, 2.24) is 5.48 Å². The molecule has 2 nitrogen and oxygen atoms in total. The van der Waals surface area contributed by atoms with E-state index in [1.54, 1.807) is 0 Å². The Morgan fingerprint density at radius 1 is 1.21 bits per heavy atom. The summed E-state index contributed by atoms with van der Waals surface area (Å²) in [6.45, 7) is 7.86. The standard InChI is InChI=1S/C17H25NO/c1-16(2)14-9-10-17(3,11-14)15(16)18-19-12-13-7-5-4-6-8-13/h4-8,14-15,18H,9-12H2,1-3H3/t14-,15?,17+/m0/s1. The zero-order valence-corrected chi connectivity index (χ0v) is 12.3. The third-order valence-electron chi connectivity index (χ3n) is 5.55. The summed E-state index contributed by atoms with van der Waals surface area (Å²) in [4.78, 5) is 5.81. The summed E-state index contributed by atoms with van der Waals surface area (Å²) in [5, 5.41) is 0. The lowest BCUT2D eigenvalue weighted by Crippen LogP contribution is -2.50. The predicted octanol–water partition coefficient (Wildman–Crippen LogP) is 3.92. The van der Waals surface area contributed by atoms with Gasteiger partial charge in [0.15, 0.2) is 0 Å². The molecule has 0 aliphatic heterocycles. The summed E-state index contributed by atoms with van der Waals surface area (Å²) in [5.74, 6) is 0.857. The molecule has 0 aromatic heterocycles. The van der Waals surface area contributed by atoms with Crippen LogP contribution in [0.5, 0.6) is 0 Å². The number of rotatable bonds is 4. The van der Waals surface area contributed by atoms with Crippen molar-refractivity contribution in [2.24, 2.45) is 16.7 Å². The molecule has 2 aliphatic rings. The van der Waals surface area contributed by atoms with Gasteiger partial charge in [-0.05, 0) is 41.6 Å². The Bertz CT molecular complexity index is 437. The van der Waals surface area contributed by atoms with Crippen LogP contribution in [0.2, 0.25) is 0 Å². The molecule has 104 valence electrons. The number of hydroxylamine groups is 1. The average Bonchev–Trinajstić information content (AvgIpc) is 2.86. The lowest BCUT2D eigenvalue weighted by molar-refractivity contribution is -0.0606. The Balaban J connectivity index is 1.61. The van der Waals surface area contributed by atoms with E-state index in [4.69, 9.17) is 4.84 Å². The molecule has 1 aromatic rings. The third kappa shape index (κ3) is 2.21. The van der Waals surface area contributed by atoms with E-state index >= 15 is 0 Å². The molecule has 2 heteroatoms. The van der Waals surface area contributed by atoms with E-state index in [9.17, 15) is 0 Å². The predicted molar refractivity (Wildman–Crippen MR) is 77.4 cm³/mol. The number of fused-ring (bicyclic) bond motifs is 2. The first-order valence-electron chi connectivity index (χ1n) is 7.44. The van der Waals surface area contributed by atoms with Crippen molar-refractivity contribution in [3.05, 3.63) is 35.9 Å². The molecule has 2 bridgehead atoms. The first kappa shape index (κ1) is 13.1. The molecule has 2 saturated carbocycles. The number of nitrogens with one attached hydrogen (secondary N) is 1. The van der Waals surface area contributed by atoms with Crippen LogP contribution in [0.15, 0.2) is 30.3 Å². The van der Waals surface area contributed by atoms with Crippen LogP contribution in [-0.4, -0.2) is 6.04 Å². The SMILES string of the molecule is CC1(C)C(NOCc2ccccc2)[C@]2(C)CC[C@H]1C2. The Kier molecular flexibility index (Phi) is 3.18. The first-order chi connectivity index (χ1) is 9.02. The van der Waals surface area contributed by atoms with E-state index in [0.29, 0.717) is 23.5 Å². The molecule has 1 unspecified atom stereocenters.